The maximum Gasteiger partial charge on any atom is 0.0273 e. The topological polar surface area (TPSA) is 12.9 Å². The Morgan fingerprint density at radius 1 is 1.38 bits per heavy atom. The van der Waals surface area contributed by atoms with Gasteiger partial charge in [-0.1, -0.05) is 25.2 Å². The summed E-state index contributed by atoms with van der Waals surface area (Å²) in [5.41, 5.74) is 2.48. The van der Waals surface area contributed by atoms with E-state index in [1.165, 1.54) is 11.1 Å². The van der Waals surface area contributed by atoms with E-state index in [1.54, 1.807) is 0 Å². The number of nitrogens with zero attached hydrogens (tertiary/aromatic N) is 1. The van der Waals surface area contributed by atoms with E-state index in [0.29, 0.717) is 0 Å². The lowest BCUT2D eigenvalue weighted by atomic mass is 10.1. The first-order chi connectivity index (χ1) is 6.38. The fraction of sp³-hybridized carbons (Fsp3) is 0.250. The molecular formula is C12H15N. The summed E-state index contributed by atoms with van der Waals surface area (Å²) < 4.78 is 0. The zero-order chi connectivity index (χ0) is 9.52. The number of allylic oxidation sites excluding steroid dienone is 4. The van der Waals surface area contributed by atoms with Crippen molar-refractivity contribution in [3.05, 3.63) is 48.3 Å². The van der Waals surface area contributed by atoms with Crippen LogP contribution in [0.4, 0.5) is 0 Å². The molecular weight excluding hydrogens is 158 g/mol. The molecule has 68 valence electrons. The van der Waals surface area contributed by atoms with Crippen molar-refractivity contribution >= 4 is 5.57 Å². The zero-order valence-corrected chi connectivity index (χ0v) is 8.20. The Morgan fingerprint density at radius 3 is 2.62 bits per heavy atom. The molecule has 0 saturated heterocycles. The molecule has 0 atom stereocenters. The monoisotopic (exact) mass is 173 g/mol. The van der Waals surface area contributed by atoms with Gasteiger partial charge < -0.3 is 0 Å². The van der Waals surface area contributed by atoms with Crippen molar-refractivity contribution < 1.29 is 0 Å². The summed E-state index contributed by atoms with van der Waals surface area (Å²) in [5.74, 6) is 0. The van der Waals surface area contributed by atoms with E-state index >= 15 is 0 Å². The van der Waals surface area contributed by atoms with Crippen LogP contribution < -0.4 is 0 Å². The van der Waals surface area contributed by atoms with Gasteiger partial charge in [0.2, 0.25) is 0 Å². The fourth-order valence-electron chi connectivity index (χ4n) is 1.15. The molecule has 0 aliphatic rings. The smallest absolute Gasteiger partial charge is 0.0273 e. The van der Waals surface area contributed by atoms with Gasteiger partial charge in [0.15, 0.2) is 0 Å². The Hall–Kier alpha value is -1.37. The molecule has 0 N–H and O–H groups in total. The minimum absolute atomic E-state index is 1.07. The highest BCUT2D eigenvalue weighted by molar-refractivity contribution is 5.73. The lowest BCUT2D eigenvalue weighted by molar-refractivity contribution is 1.22. The van der Waals surface area contributed by atoms with Crippen molar-refractivity contribution in [1.29, 1.82) is 0 Å². The van der Waals surface area contributed by atoms with E-state index < -0.39 is 0 Å². The number of aromatic nitrogens is 1. The molecule has 1 nitrogen and oxygen atoms in total. The summed E-state index contributed by atoms with van der Waals surface area (Å²) in [7, 11) is 0. The van der Waals surface area contributed by atoms with Crippen LogP contribution in [0.15, 0.2) is 42.8 Å². The number of hydrogen-bond acceptors (Lipinski definition) is 1. The zero-order valence-electron chi connectivity index (χ0n) is 8.20. The highest BCUT2D eigenvalue weighted by Crippen LogP contribution is 2.14. The van der Waals surface area contributed by atoms with E-state index in [0.717, 1.165) is 6.42 Å². The van der Waals surface area contributed by atoms with Crippen molar-refractivity contribution in [2.45, 2.75) is 20.3 Å². The number of hydrogen-bond donors (Lipinski definition) is 0. The lowest BCUT2D eigenvalue weighted by Crippen LogP contribution is -1.80. The van der Waals surface area contributed by atoms with E-state index in [-0.39, 0.29) is 0 Å². The van der Waals surface area contributed by atoms with Gasteiger partial charge in [0.05, 0.1) is 0 Å². The van der Waals surface area contributed by atoms with Crippen molar-refractivity contribution in [2.24, 2.45) is 0 Å². The molecule has 1 heteroatoms. The third-order valence-corrected chi connectivity index (χ3v) is 1.86. The Labute approximate surface area is 79.8 Å². The number of rotatable bonds is 3. The van der Waals surface area contributed by atoms with Crippen LogP contribution in [0.2, 0.25) is 0 Å². The predicted octanol–water partition coefficient (Wildman–Crippen LogP) is 3.45. The van der Waals surface area contributed by atoms with E-state index in [9.17, 15) is 0 Å². The van der Waals surface area contributed by atoms with Gasteiger partial charge in [-0.05, 0) is 36.6 Å². The molecule has 0 saturated carbocycles. The normalized spacial score (nSPS) is 12.3. The first-order valence-electron chi connectivity index (χ1n) is 4.61. The average molecular weight is 173 g/mol. The summed E-state index contributed by atoms with van der Waals surface area (Å²) in [5, 5.41) is 0. The average Bonchev–Trinajstić information content (AvgIpc) is 2.21. The molecule has 1 aromatic rings. The van der Waals surface area contributed by atoms with Gasteiger partial charge in [-0.3, -0.25) is 4.98 Å². The summed E-state index contributed by atoms with van der Waals surface area (Å²) in [6.45, 7) is 4.19. The molecule has 1 aromatic heterocycles. The molecule has 1 rings (SSSR count). The second kappa shape index (κ2) is 5.31. The van der Waals surface area contributed by atoms with Gasteiger partial charge in [-0.15, -0.1) is 0 Å². The van der Waals surface area contributed by atoms with Gasteiger partial charge in [0.1, 0.15) is 0 Å². The summed E-state index contributed by atoms with van der Waals surface area (Å²) in [6.07, 6.45) is 11.1. The number of pyridine rings is 1. The maximum absolute atomic E-state index is 3.99. The first-order valence-corrected chi connectivity index (χ1v) is 4.61. The van der Waals surface area contributed by atoms with E-state index in [1.807, 2.05) is 24.5 Å². The molecule has 0 bridgehead atoms. The Morgan fingerprint density at radius 2 is 2.08 bits per heavy atom. The van der Waals surface area contributed by atoms with E-state index in [4.69, 9.17) is 0 Å². The minimum atomic E-state index is 1.07. The molecule has 13 heavy (non-hydrogen) atoms. The Bertz CT molecular complexity index is 296. The molecule has 0 aliphatic heterocycles. The summed E-state index contributed by atoms with van der Waals surface area (Å²) in [4.78, 5) is 3.99. The third kappa shape index (κ3) is 2.86. The molecule has 0 spiro atoms. The predicted molar refractivity (Wildman–Crippen MR) is 57.3 cm³/mol. The standard InChI is InChI=1S/C12H15N/c1-3-5-6-11(4-2)12-7-9-13-10-8-12/h4-10H,3H2,1-2H3/b6-5-,11-4+. The molecule has 0 aromatic carbocycles. The molecule has 0 amide bonds. The van der Waals surface area contributed by atoms with Crippen LogP contribution >= 0.6 is 0 Å². The SMILES string of the molecule is C/C=C(\C=C/CC)c1ccncc1. The quantitative estimate of drug-likeness (QED) is 0.638. The first kappa shape index (κ1) is 9.72. The lowest BCUT2D eigenvalue weighted by Gasteiger charge is -1.99. The van der Waals surface area contributed by atoms with Crippen molar-refractivity contribution in [3.63, 3.8) is 0 Å². The minimum Gasteiger partial charge on any atom is -0.265 e. The van der Waals surface area contributed by atoms with Crippen LogP contribution in [0, 0.1) is 0 Å². The van der Waals surface area contributed by atoms with Gasteiger partial charge in [-0.25, -0.2) is 0 Å². The van der Waals surface area contributed by atoms with Crippen LogP contribution in [-0.4, -0.2) is 4.98 Å². The van der Waals surface area contributed by atoms with E-state index in [2.05, 4.69) is 37.1 Å². The van der Waals surface area contributed by atoms with Crippen LogP contribution in [-0.2, 0) is 0 Å². The highest BCUT2D eigenvalue weighted by Gasteiger charge is 1.93. The van der Waals surface area contributed by atoms with Crippen molar-refractivity contribution in [2.75, 3.05) is 0 Å². The highest BCUT2D eigenvalue weighted by atomic mass is 14.6. The fourth-order valence-corrected chi connectivity index (χ4v) is 1.15. The van der Waals surface area contributed by atoms with Crippen molar-refractivity contribution in [1.82, 2.24) is 4.98 Å². The summed E-state index contributed by atoms with van der Waals surface area (Å²) >= 11 is 0. The maximum atomic E-state index is 3.99. The molecule has 1 heterocycles. The van der Waals surface area contributed by atoms with Crippen LogP contribution in [0.3, 0.4) is 0 Å². The summed E-state index contributed by atoms with van der Waals surface area (Å²) in [6, 6.07) is 4.05. The molecule has 0 fully saturated rings. The van der Waals surface area contributed by atoms with Crippen molar-refractivity contribution in [3.8, 4) is 0 Å². The molecule has 0 radical (unpaired) electrons. The molecule has 0 aliphatic carbocycles. The Kier molecular flexibility index (Phi) is 3.97. The van der Waals surface area contributed by atoms with Gasteiger partial charge in [0.25, 0.3) is 0 Å². The second-order valence-electron chi connectivity index (χ2n) is 2.79. The largest absolute Gasteiger partial charge is 0.265 e. The molecule has 0 unspecified atom stereocenters. The van der Waals surface area contributed by atoms with Crippen LogP contribution in [0.1, 0.15) is 25.8 Å². The van der Waals surface area contributed by atoms with Gasteiger partial charge in [0, 0.05) is 12.4 Å². The Balaban J connectivity index is 2.87. The van der Waals surface area contributed by atoms with Gasteiger partial charge >= 0.3 is 0 Å². The third-order valence-electron chi connectivity index (χ3n) is 1.86. The van der Waals surface area contributed by atoms with Crippen LogP contribution in [0.5, 0.6) is 0 Å². The van der Waals surface area contributed by atoms with Crippen LogP contribution in [0.25, 0.3) is 5.57 Å². The second-order valence-corrected chi connectivity index (χ2v) is 2.79. The van der Waals surface area contributed by atoms with Gasteiger partial charge in [-0.2, -0.15) is 0 Å².